The molecule has 0 bridgehead atoms. The summed E-state index contributed by atoms with van der Waals surface area (Å²) < 4.78 is 7.06. The van der Waals surface area contributed by atoms with Crippen LogP contribution >= 0.6 is 0 Å². The summed E-state index contributed by atoms with van der Waals surface area (Å²) in [7, 11) is 0. The van der Waals surface area contributed by atoms with Gasteiger partial charge >= 0.3 is 5.91 Å². The highest BCUT2D eigenvalue weighted by Crippen LogP contribution is 2.15. The van der Waals surface area contributed by atoms with Crippen LogP contribution in [0.1, 0.15) is 21.9 Å². The number of carbonyl (C=O) groups excluding carboxylic acids is 1. The Hall–Kier alpha value is -3.08. The summed E-state index contributed by atoms with van der Waals surface area (Å²) in [5.41, 5.74) is 5.46. The van der Waals surface area contributed by atoms with E-state index in [1.165, 1.54) is 6.26 Å². The number of aromatic nitrogens is 1. The zero-order chi connectivity index (χ0) is 15.4. The fraction of sp³-hybridized carbons (Fsp3) is 0.0588. The molecule has 1 N–H and O–H groups in total. The van der Waals surface area contributed by atoms with Crippen LogP contribution in [0.5, 0.6) is 0 Å². The summed E-state index contributed by atoms with van der Waals surface area (Å²) in [5.74, 6) is -0.150. The molecule has 0 unspecified atom stereocenters. The molecule has 0 aliphatic heterocycles. The fourth-order valence-electron chi connectivity index (χ4n) is 2.21. The van der Waals surface area contributed by atoms with Gasteiger partial charge in [-0.25, -0.2) is 5.43 Å². The van der Waals surface area contributed by atoms with Gasteiger partial charge in [0.2, 0.25) is 0 Å². The number of amides is 1. The number of aryl methyl sites for hydroxylation is 1. The van der Waals surface area contributed by atoms with Gasteiger partial charge in [0.15, 0.2) is 5.76 Å². The van der Waals surface area contributed by atoms with Crippen LogP contribution in [0.3, 0.4) is 0 Å². The fourth-order valence-corrected chi connectivity index (χ4v) is 2.21. The van der Waals surface area contributed by atoms with Gasteiger partial charge in [0.05, 0.1) is 18.2 Å². The van der Waals surface area contributed by atoms with Crippen molar-refractivity contribution in [3.8, 4) is 5.69 Å². The third-order valence-corrected chi connectivity index (χ3v) is 3.23. The van der Waals surface area contributed by atoms with Crippen molar-refractivity contribution in [2.75, 3.05) is 0 Å². The van der Waals surface area contributed by atoms with E-state index in [9.17, 15) is 4.79 Å². The molecule has 1 amide bonds. The SMILES string of the molecule is Cc1ccc(/C=N\NC(=O)c2ccco2)n1-c1ccccc1. The largest absolute Gasteiger partial charge is 0.459 e. The van der Waals surface area contributed by atoms with Crippen LogP contribution < -0.4 is 5.43 Å². The molecule has 0 atom stereocenters. The monoisotopic (exact) mass is 293 g/mol. The highest BCUT2D eigenvalue weighted by atomic mass is 16.3. The maximum Gasteiger partial charge on any atom is 0.307 e. The number of nitrogens with zero attached hydrogens (tertiary/aromatic N) is 2. The standard InChI is InChI=1S/C17H15N3O2/c1-13-9-10-15(20(13)14-6-3-2-4-7-14)12-18-19-17(21)16-8-5-11-22-16/h2-12H,1H3,(H,19,21)/b18-12-. The van der Waals surface area contributed by atoms with E-state index < -0.39 is 0 Å². The second-order valence-corrected chi connectivity index (χ2v) is 4.75. The number of hydrazone groups is 1. The Balaban J connectivity index is 1.79. The number of benzene rings is 1. The lowest BCUT2D eigenvalue weighted by atomic mass is 10.3. The minimum atomic E-state index is -0.379. The van der Waals surface area contributed by atoms with E-state index in [4.69, 9.17) is 4.42 Å². The third kappa shape index (κ3) is 2.83. The van der Waals surface area contributed by atoms with E-state index in [0.29, 0.717) is 0 Å². The summed E-state index contributed by atoms with van der Waals surface area (Å²) in [6.07, 6.45) is 3.06. The molecule has 3 aromatic rings. The molecule has 0 aliphatic rings. The molecule has 1 aromatic carbocycles. The topological polar surface area (TPSA) is 59.5 Å². The van der Waals surface area contributed by atoms with E-state index in [2.05, 4.69) is 15.1 Å². The second kappa shape index (κ2) is 6.13. The summed E-state index contributed by atoms with van der Waals surface area (Å²) in [6.45, 7) is 2.02. The Kier molecular flexibility index (Phi) is 3.87. The zero-order valence-electron chi connectivity index (χ0n) is 12.1. The zero-order valence-corrected chi connectivity index (χ0v) is 12.1. The highest BCUT2D eigenvalue weighted by molar-refractivity contribution is 5.92. The predicted octanol–water partition coefficient (Wildman–Crippen LogP) is 3.14. The van der Waals surface area contributed by atoms with Crippen molar-refractivity contribution < 1.29 is 9.21 Å². The van der Waals surface area contributed by atoms with Crippen LogP contribution in [0.25, 0.3) is 5.69 Å². The van der Waals surface area contributed by atoms with Crippen molar-refractivity contribution in [2.45, 2.75) is 6.92 Å². The number of rotatable bonds is 4. The Labute approximate surface area is 127 Å². The number of nitrogens with one attached hydrogen (secondary N) is 1. The van der Waals surface area contributed by atoms with Crippen LogP contribution in [0.2, 0.25) is 0 Å². The summed E-state index contributed by atoms with van der Waals surface area (Å²) in [4.78, 5) is 11.7. The molecule has 5 heteroatoms. The maximum atomic E-state index is 11.7. The lowest BCUT2D eigenvalue weighted by Gasteiger charge is -2.08. The van der Waals surface area contributed by atoms with Gasteiger partial charge in [-0.3, -0.25) is 4.79 Å². The second-order valence-electron chi connectivity index (χ2n) is 4.75. The first kappa shape index (κ1) is 13.9. The lowest BCUT2D eigenvalue weighted by molar-refractivity contribution is 0.0927. The van der Waals surface area contributed by atoms with Crippen LogP contribution in [-0.2, 0) is 0 Å². The van der Waals surface area contributed by atoms with Gasteiger partial charge < -0.3 is 8.98 Å². The molecule has 0 saturated heterocycles. The minimum absolute atomic E-state index is 0.228. The van der Waals surface area contributed by atoms with Crippen molar-refractivity contribution in [1.29, 1.82) is 0 Å². The summed E-state index contributed by atoms with van der Waals surface area (Å²) in [5, 5.41) is 3.99. The van der Waals surface area contributed by atoms with Crippen molar-refractivity contribution in [3.63, 3.8) is 0 Å². The van der Waals surface area contributed by atoms with Gasteiger partial charge in [0, 0.05) is 11.4 Å². The maximum absolute atomic E-state index is 11.7. The average Bonchev–Trinajstić information content (AvgIpc) is 3.18. The molecular formula is C17H15N3O2. The Morgan fingerprint density at radius 1 is 1.14 bits per heavy atom. The lowest BCUT2D eigenvalue weighted by Crippen LogP contribution is -2.17. The quantitative estimate of drug-likeness (QED) is 0.593. The van der Waals surface area contributed by atoms with Crippen molar-refractivity contribution in [1.82, 2.24) is 9.99 Å². The number of furan rings is 1. The third-order valence-electron chi connectivity index (χ3n) is 3.23. The minimum Gasteiger partial charge on any atom is -0.459 e. The van der Waals surface area contributed by atoms with Crippen molar-refractivity contribution in [2.24, 2.45) is 5.10 Å². The van der Waals surface area contributed by atoms with Crippen LogP contribution in [0.15, 0.2) is 70.4 Å². The Morgan fingerprint density at radius 2 is 1.95 bits per heavy atom. The van der Waals surface area contributed by atoms with Crippen LogP contribution in [-0.4, -0.2) is 16.7 Å². The van der Waals surface area contributed by atoms with Crippen LogP contribution in [0.4, 0.5) is 0 Å². The van der Waals surface area contributed by atoms with E-state index in [1.54, 1.807) is 18.3 Å². The van der Waals surface area contributed by atoms with Gasteiger partial charge in [-0.2, -0.15) is 5.10 Å². The first-order valence-corrected chi connectivity index (χ1v) is 6.86. The van der Waals surface area contributed by atoms with Gasteiger partial charge in [-0.1, -0.05) is 18.2 Å². The smallest absolute Gasteiger partial charge is 0.307 e. The normalized spacial score (nSPS) is 11.0. The molecule has 2 heterocycles. The Morgan fingerprint density at radius 3 is 2.68 bits per heavy atom. The van der Waals surface area contributed by atoms with Gasteiger partial charge in [-0.15, -0.1) is 0 Å². The van der Waals surface area contributed by atoms with E-state index >= 15 is 0 Å². The van der Waals surface area contributed by atoms with Gasteiger partial charge in [0.1, 0.15) is 0 Å². The molecule has 3 rings (SSSR count). The highest BCUT2D eigenvalue weighted by Gasteiger charge is 2.07. The van der Waals surface area contributed by atoms with Gasteiger partial charge in [0.25, 0.3) is 0 Å². The summed E-state index contributed by atoms with van der Waals surface area (Å²) >= 11 is 0. The molecule has 0 fully saturated rings. The van der Waals surface area contributed by atoms with E-state index in [-0.39, 0.29) is 11.7 Å². The van der Waals surface area contributed by atoms with Crippen LogP contribution in [0, 0.1) is 6.92 Å². The number of hydrogen-bond acceptors (Lipinski definition) is 3. The number of carbonyl (C=O) groups is 1. The van der Waals surface area contributed by atoms with E-state index in [0.717, 1.165) is 17.1 Å². The van der Waals surface area contributed by atoms with Crippen molar-refractivity contribution in [3.05, 3.63) is 78.0 Å². The molecule has 0 saturated carbocycles. The average molecular weight is 293 g/mol. The predicted molar refractivity (Wildman–Crippen MR) is 84.3 cm³/mol. The number of hydrogen-bond donors (Lipinski definition) is 1. The molecule has 2 aromatic heterocycles. The first-order chi connectivity index (χ1) is 10.8. The molecule has 5 nitrogen and oxygen atoms in total. The molecular weight excluding hydrogens is 278 g/mol. The molecule has 110 valence electrons. The Bertz CT molecular complexity index is 787. The summed E-state index contributed by atoms with van der Waals surface area (Å²) in [6, 6.07) is 17.2. The molecule has 22 heavy (non-hydrogen) atoms. The number of para-hydroxylation sites is 1. The van der Waals surface area contributed by atoms with Crippen molar-refractivity contribution >= 4 is 12.1 Å². The van der Waals surface area contributed by atoms with Gasteiger partial charge in [-0.05, 0) is 43.3 Å². The first-order valence-electron chi connectivity index (χ1n) is 6.86. The molecule has 0 radical (unpaired) electrons. The molecule has 0 aliphatic carbocycles. The molecule has 0 spiro atoms. The van der Waals surface area contributed by atoms with E-state index in [1.807, 2.05) is 49.4 Å².